The zero-order valence-corrected chi connectivity index (χ0v) is 14.9. The Morgan fingerprint density at radius 3 is 3.04 bits per heavy atom. The third kappa shape index (κ3) is 2.95. The highest BCUT2D eigenvalue weighted by Crippen LogP contribution is 2.39. The molecule has 2 aliphatic rings. The maximum Gasteiger partial charge on any atom is 0.230 e. The Labute approximate surface area is 151 Å². The molecule has 1 atom stereocenters. The number of rotatable bonds is 3. The predicted molar refractivity (Wildman–Crippen MR) is 94.9 cm³/mol. The van der Waals surface area contributed by atoms with E-state index in [2.05, 4.69) is 9.97 Å². The molecule has 1 aromatic carbocycles. The number of aromatic nitrogens is 2. The second kappa shape index (κ2) is 6.37. The van der Waals surface area contributed by atoms with Crippen LogP contribution < -0.4 is 0 Å². The second-order valence-corrected chi connectivity index (χ2v) is 7.52. The Morgan fingerprint density at radius 2 is 2.19 bits per heavy atom. The fourth-order valence-electron chi connectivity index (χ4n) is 4.27. The normalized spacial score (nSPS) is 23.4. The van der Waals surface area contributed by atoms with Crippen LogP contribution in [0.15, 0.2) is 18.2 Å². The molecule has 0 bridgehead atoms. The molecular formula is C19H23FN4O2. The lowest BCUT2D eigenvalue weighted by atomic mass is 9.78. The number of nitrogens with one attached hydrogen (secondary N) is 1. The molecule has 7 heteroatoms. The number of H-pyrrole nitrogens is 1. The lowest BCUT2D eigenvalue weighted by Gasteiger charge is -2.37. The Balaban J connectivity index is 1.38. The molecule has 2 saturated heterocycles. The molecule has 2 aromatic rings. The minimum absolute atomic E-state index is 0.0505. The number of imidazole rings is 1. The number of fused-ring (bicyclic) bond motifs is 1. The number of hydrogen-bond donors (Lipinski definition) is 1. The number of hydrogen-bond acceptors (Lipinski definition) is 3. The van der Waals surface area contributed by atoms with Gasteiger partial charge in [-0.1, -0.05) is 0 Å². The molecule has 2 amide bonds. The molecule has 0 unspecified atom stereocenters. The molecule has 26 heavy (non-hydrogen) atoms. The molecule has 1 spiro atoms. The van der Waals surface area contributed by atoms with Crippen LogP contribution >= 0.6 is 0 Å². The fourth-order valence-corrected chi connectivity index (χ4v) is 4.27. The number of halogens is 1. The topological polar surface area (TPSA) is 69.3 Å². The van der Waals surface area contributed by atoms with Crippen molar-refractivity contribution in [3.63, 3.8) is 0 Å². The van der Waals surface area contributed by atoms with Gasteiger partial charge >= 0.3 is 0 Å². The molecule has 1 N–H and O–H groups in total. The summed E-state index contributed by atoms with van der Waals surface area (Å²) in [5.74, 6) is 0.600. The summed E-state index contributed by atoms with van der Waals surface area (Å²) in [5, 5.41) is 0. The third-order valence-corrected chi connectivity index (χ3v) is 5.72. The molecule has 1 aromatic heterocycles. The number of amides is 2. The monoisotopic (exact) mass is 358 g/mol. The van der Waals surface area contributed by atoms with E-state index in [9.17, 15) is 14.0 Å². The highest BCUT2D eigenvalue weighted by atomic mass is 19.1. The van der Waals surface area contributed by atoms with E-state index in [1.54, 1.807) is 11.0 Å². The van der Waals surface area contributed by atoms with Gasteiger partial charge in [0, 0.05) is 39.5 Å². The van der Waals surface area contributed by atoms with Crippen LogP contribution in [0.3, 0.4) is 0 Å². The minimum Gasteiger partial charge on any atom is -0.345 e. The molecule has 0 radical (unpaired) electrons. The van der Waals surface area contributed by atoms with E-state index >= 15 is 0 Å². The first-order valence-corrected chi connectivity index (χ1v) is 9.14. The van der Waals surface area contributed by atoms with E-state index < -0.39 is 0 Å². The number of likely N-dealkylation sites (tertiary alicyclic amines) is 2. The second-order valence-electron chi connectivity index (χ2n) is 7.52. The van der Waals surface area contributed by atoms with Crippen molar-refractivity contribution < 1.29 is 14.0 Å². The maximum absolute atomic E-state index is 13.3. The van der Waals surface area contributed by atoms with Crippen LogP contribution in [0.5, 0.6) is 0 Å². The average molecular weight is 358 g/mol. The molecule has 0 saturated carbocycles. The van der Waals surface area contributed by atoms with Gasteiger partial charge in [-0.2, -0.15) is 0 Å². The Kier molecular flexibility index (Phi) is 4.17. The van der Waals surface area contributed by atoms with Crippen molar-refractivity contribution >= 4 is 22.8 Å². The highest BCUT2D eigenvalue weighted by Gasteiger charge is 2.48. The van der Waals surface area contributed by atoms with Gasteiger partial charge in [0.05, 0.1) is 16.4 Å². The molecule has 2 fully saturated rings. The first-order valence-electron chi connectivity index (χ1n) is 9.14. The van der Waals surface area contributed by atoms with Crippen LogP contribution in [0.4, 0.5) is 4.39 Å². The predicted octanol–water partition coefficient (Wildman–Crippen LogP) is 2.11. The number of benzene rings is 1. The van der Waals surface area contributed by atoms with Gasteiger partial charge in [0.15, 0.2) is 0 Å². The SMILES string of the molecule is CN1CCC[C@]2(CCN(C(=O)CCc3nc4ccc(F)cc4[nH]3)C2)C1=O. The van der Waals surface area contributed by atoms with Gasteiger partial charge in [0.25, 0.3) is 0 Å². The third-order valence-electron chi connectivity index (χ3n) is 5.72. The fraction of sp³-hybridized carbons (Fsp3) is 0.526. The summed E-state index contributed by atoms with van der Waals surface area (Å²) in [6, 6.07) is 4.41. The van der Waals surface area contributed by atoms with E-state index in [0.717, 1.165) is 25.8 Å². The molecule has 6 nitrogen and oxygen atoms in total. The summed E-state index contributed by atoms with van der Waals surface area (Å²) in [5.41, 5.74) is 0.966. The molecule has 4 rings (SSSR count). The van der Waals surface area contributed by atoms with Crippen molar-refractivity contribution in [1.29, 1.82) is 0 Å². The summed E-state index contributed by atoms with van der Waals surface area (Å²) >= 11 is 0. The van der Waals surface area contributed by atoms with Gasteiger partial charge in [-0.15, -0.1) is 0 Å². The lowest BCUT2D eigenvalue weighted by Crippen LogP contribution is -2.48. The summed E-state index contributed by atoms with van der Waals surface area (Å²) in [6.45, 7) is 1.98. The van der Waals surface area contributed by atoms with Crippen LogP contribution in [0.1, 0.15) is 31.5 Å². The summed E-state index contributed by atoms with van der Waals surface area (Å²) in [7, 11) is 1.85. The number of nitrogens with zero attached hydrogens (tertiary/aromatic N) is 3. The van der Waals surface area contributed by atoms with Crippen molar-refractivity contribution in [1.82, 2.24) is 19.8 Å². The minimum atomic E-state index is -0.375. The zero-order valence-electron chi connectivity index (χ0n) is 14.9. The smallest absolute Gasteiger partial charge is 0.230 e. The van der Waals surface area contributed by atoms with Crippen molar-refractivity contribution in [2.75, 3.05) is 26.7 Å². The summed E-state index contributed by atoms with van der Waals surface area (Å²) < 4.78 is 13.3. The summed E-state index contributed by atoms with van der Waals surface area (Å²) in [6.07, 6.45) is 3.44. The number of carbonyl (C=O) groups excluding carboxylic acids is 2. The van der Waals surface area contributed by atoms with Crippen molar-refractivity contribution in [2.45, 2.75) is 32.1 Å². The van der Waals surface area contributed by atoms with E-state index in [4.69, 9.17) is 0 Å². The van der Waals surface area contributed by atoms with Crippen LogP contribution in [0.2, 0.25) is 0 Å². The Morgan fingerprint density at radius 1 is 1.35 bits per heavy atom. The first kappa shape index (κ1) is 17.0. The number of aromatic amines is 1. The van der Waals surface area contributed by atoms with Gasteiger partial charge in [-0.25, -0.2) is 9.37 Å². The van der Waals surface area contributed by atoms with E-state index in [0.29, 0.717) is 42.8 Å². The standard InChI is InChI=1S/C19H23FN4O2/c1-23-9-2-7-19(18(23)26)8-10-24(12-19)17(25)6-5-16-21-14-4-3-13(20)11-15(14)22-16/h3-4,11H,2,5-10,12H2,1H3,(H,21,22)/t19-/m1/s1. The number of carbonyl (C=O) groups is 2. The van der Waals surface area contributed by atoms with Crippen LogP contribution in [0, 0.1) is 11.2 Å². The Hall–Kier alpha value is -2.44. The highest BCUT2D eigenvalue weighted by molar-refractivity contribution is 5.86. The van der Waals surface area contributed by atoms with Gasteiger partial charge < -0.3 is 14.8 Å². The van der Waals surface area contributed by atoms with E-state index in [-0.39, 0.29) is 23.0 Å². The van der Waals surface area contributed by atoms with Crippen molar-refractivity contribution in [2.24, 2.45) is 5.41 Å². The number of aryl methyl sites for hydroxylation is 1. The Bertz CT molecular complexity index is 864. The maximum atomic E-state index is 13.3. The van der Waals surface area contributed by atoms with Gasteiger partial charge in [0.1, 0.15) is 11.6 Å². The van der Waals surface area contributed by atoms with Crippen LogP contribution in [-0.4, -0.2) is 58.3 Å². The zero-order chi connectivity index (χ0) is 18.3. The van der Waals surface area contributed by atoms with E-state index in [1.807, 2.05) is 11.9 Å². The van der Waals surface area contributed by atoms with Crippen molar-refractivity contribution in [3.8, 4) is 0 Å². The molecule has 2 aliphatic heterocycles. The molecular weight excluding hydrogens is 335 g/mol. The largest absolute Gasteiger partial charge is 0.345 e. The quantitative estimate of drug-likeness (QED) is 0.914. The number of piperidine rings is 1. The molecule has 0 aliphatic carbocycles. The van der Waals surface area contributed by atoms with Gasteiger partial charge in [-0.05, 0) is 37.5 Å². The lowest BCUT2D eigenvalue weighted by molar-refractivity contribution is -0.144. The van der Waals surface area contributed by atoms with Crippen LogP contribution in [0.25, 0.3) is 11.0 Å². The van der Waals surface area contributed by atoms with Crippen LogP contribution in [-0.2, 0) is 16.0 Å². The van der Waals surface area contributed by atoms with Gasteiger partial charge in [-0.3, -0.25) is 9.59 Å². The first-order chi connectivity index (χ1) is 12.5. The van der Waals surface area contributed by atoms with Crippen molar-refractivity contribution in [3.05, 3.63) is 29.8 Å². The molecule has 138 valence electrons. The van der Waals surface area contributed by atoms with E-state index in [1.165, 1.54) is 12.1 Å². The molecule has 3 heterocycles. The van der Waals surface area contributed by atoms with Gasteiger partial charge in [0.2, 0.25) is 11.8 Å². The average Bonchev–Trinajstić information content (AvgIpc) is 3.22. The summed E-state index contributed by atoms with van der Waals surface area (Å²) in [4.78, 5) is 36.3.